The molecule has 3 aromatic rings. The molecule has 1 aliphatic heterocycles. The van der Waals surface area contributed by atoms with Crippen molar-refractivity contribution >= 4 is 28.2 Å². The fourth-order valence-corrected chi connectivity index (χ4v) is 3.74. The zero-order chi connectivity index (χ0) is 19.0. The number of benzene rings is 2. The van der Waals surface area contributed by atoms with Gasteiger partial charge in [0.05, 0.1) is 11.2 Å². The molecule has 0 radical (unpaired) electrons. The Morgan fingerprint density at radius 1 is 0.929 bits per heavy atom. The number of carbonyl (C=O) groups excluding carboxylic acids is 1. The number of rotatable bonds is 2. The Morgan fingerprint density at radius 3 is 2.21 bits per heavy atom. The normalized spacial score (nSPS) is 14.0. The highest BCUT2D eigenvalue weighted by molar-refractivity contribution is 5.98. The van der Waals surface area contributed by atoms with E-state index in [4.69, 9.17) is 5.73 Å². The van der Waals surface area contributed by atoms with Crippen molar-refractivity contribution in [1.29, 1.82) is 0 Å². The van der Waals surface area contributed by atoms with Crippen molar-refractivity contribution in [3.05, 3.63) is 70.5 Å². The summed E-state index contributed by atoms with van der Waals surface area (Å²) in [5.41, 5.74) is 8.62. The van der Waals surface area contributed by atoms with Crippen molar-refractivity contribution < 1.29 is 4.79 Å². The number of aromatic nitrogens is 1. The predicted octanol–water partition coefficient (Wildman–Crippen LogP) is 2.72. The molecule has 1 aliphatic rings. The summed E-state index contributed by atoms with van der Waals surface area (Å²) in [5.74, 6) is 0.0389. The quantitative estimate of drug-likeness (QED) is 0.744. The van der Waals surface area contributed by atoms with Crippen LogP contribution in [-0.4, -0.2) is 41.6 Å². The van der Waals surface area contributed by atoms with Gasteiger partial charge < -0.3 is 20.1 Å². The lowest BCUT2D eigenvalue weighted by atomic mass is 10.1. The Labute approximate surface area is 164 Å². The number of hydrogen-bond donors (Lipinski definition) is 1. The molecule has 0 spiro atoms. The van der Waals surface area contributed by atoms with Crippen LogP contribution in [0.25, 0.3) is 10.9 Å². The van der Waals surface area contributed by atoms with E-state index < -0.39 is 0 Å². The summed E-state index contributed by atoms with van der Waals surface area (Å²) >= 11 is 0. The highest BCUT2D eigenvalue weighted by atomic mass is 16.2. The second-order valence-electron chi connectivity index (χ2n) is 6.79. The lowest BCUT2D eigenvalue weighted by molar-refractivity contribution is 0.0747. The fraction of sp³-hybridized carbons (Fsp3) is 0.273. The maximum absolute atomic E-state index is 12.7. The number of fused-ring (bicyclic) bond motifs is 1. The Hall–Kier alpha value is -3.28. The molecule has 0 atom stereocenters. The minimum atomic E-state index is -0.188. The maximum Gasteiger partial charge on any atom is 0.276 e. The number of aryl methyl sites for hydroxylation is 1. The first-order valence-corrected chi connectivity index (χ1v) is 9.04. The number of pyridine rings is 1. The van der Waals surface area contributed by atoms with Gasteiger partial charge in [-0.15, -0.1) is 0 Å². The second-order valence-corrected chi connectivity index (χ2v) is 6.79. The molecule has 6 heteroatoms. The van der Waals surface area contributed by atoms with E-state index in [9.17, 15) is 9.59 Å². The topological polar surface area (TPSA) is 71.6 Å². The third kappa shape index (κ3) is 3.22. The van der Waals surface area contributed by atoms with Crippen LogP contribution in [0.15, 0.2) is 59.4 Å². The molecule has 0 unspecified atom stereocenters. The van der Waals surface area contributed by atoms with E-state index in [0.717, 1.165) is 16.6 Å². The summed E-state index contributed by atoms with van der Waals surface area (Å²) in [5, 5.41) is 0.958. The Kier molecular flexibility index (Phi) is 5.40. The van der Waals surface area contributed by atoms with Gasteiger partial charge in [0.2, 0.25) is 0 Å². The summed E-state index contributed by atoms with van der Waals surface area (Å²) in [6.07, 6.45) is 0. The van der Waals surface area contributed by atoms with Crippen LogP contribution in [0.5, 0.6) is 0 Å². The van der Waals surface area contributed by atoms with Crippen molar-refractivity contribution in [2.24, 2.45) is 7.05 Å². The van der Waals surface area contributed by atoms with Gasteiger partial charge >= 0.3 is 0 Å². The first-order chi connectivity index (χ1) is 13.1. The van der Waals surface area contributed by atoms with Crippen LogP contribution in [0.4, 0.5) is 11.4 Å². The molecular formula is C22H26N4O2. The summed E-state index contributed by atoms with van der Waals surface area (Å²) in [7, 11) is 1.74. The van der Waals surface area contributed by atoms with Gasteiger partial charge in [-0.05, 0) is 18.2 Å². The van der Waals surface area contributed by atoms with E-state index >= 15 is 0 Å². The van der Waals surface area contributed by atoms with Crippen LogP contribution in [0.1, 0.15) is 17.8 Å². The zero-order valence-electron chi connectivity index (χ0n) is 15.3. The van der Waals surface area contributed by atoms with Gasteiger partial charge in [-0.25, -0.2) is 0 Å². The molecule has 4 rings (SSSR count). The number of piperazine rings is 1. The highest BCUT2D eigenvalue weighted by Crippen LogP contribution is 2.31. The number of para-hydroxylation sites is 1. The number of amides is 1. The summed E-state index contributed by atoms with van der Waals surface area (Å²) in [6.45, 7) is 2.47. The Balaban J connectivity index is 0.00000225. The van der Waals surface area contributed by atoms with Crippen molar-refractivity contribution in [3.8, 4) is 0 Å². The van der Waals surface area contributed by atoms with Gasteiger partial charge in [0.1, 0.15) is 5.69 Å². The molecule has 1 saturated heterocycles. The number of anilines is 2. The molecule has 2 heterocycles. The number of nitrogen functional groups attached to an aromatic ring is 1. The zero-order valence-corrected chi connectivity index (χ0v) is 15.3. The number of hydrogen-bond acceptors (Lipinski definition) is 4. The largest absolute Gasteiger partial charge is 0.393 e. The molecule has 0 aliphatic carbocycles. The van der Waals surface area contributed by atoms with Gasteiger partial charge in [-0.3, -0.25) is 9.59 Å². The molecule has 6 nitrogen and oxygen atoms in total. The van der Waals surface area contributed by atoms with Crippen LogP contribution in [-0.2, 0) is 7.05 Å². The van der Waals surface area contributed by atoms with E-state index in [1.807, 2.05) is 59.5 Å². The average Bonchev–Trinajstić information content (AvgIpc) is 2.73. The van der Waals surface area contributed by atoms with Crippen molar-refractivity contribution in [3.63, 3.8) is 0 Å². The molecule has 1 aromatic heterocycles. The molecule has 146 valence electrons. The van der Waals surface area contributed by atoms with Crippen molar-refractivity contribution in [2.75, 3.05) is 36.8 Å². The van der Waals surface area contributed by atoms with Gasteiger partial charge in [0, 0.05) is 44.2 Å². The van der Waals surface area contributed by atoms with Crippen LogP contribution in [0.3, 0.4) is 0 Å². The lowest BCUT2D eigenvalue weighted by Crippen LogP contribution is -2.49. The van der Waals surface area contributed by atoms with Crippen LogP contribution >= 0.6 is 0 Å². The van der Waals surface area contributed by atoms with E-state index in [1.54, 1.807) is 11.6 Å². The minimum Gasteiger partial charge on any atom is -0.393 e. The van der Waals surface area contributed by atoms with Crippen LogP contribution < -0.4 is 16.2 Å². The predicted molar refractivity (Wildman–Crippen MR) is 115 cm³/mol. The molecule has 1 amide bonds. The monoisotopic (exact) mass is 378 g/mol. The number of carbonyl (C=O) groups is 1. The van der Waals surface area contributed by atoms with E-state index in [2.05, 4.69) is 4.90 Å². The molecule has 2 aromatic carbocycles. The third-order valence-corrected chi connectivity index (χ3v) is 5.21. The lowest BCUT2D eigenvalue weighted by Gasteiger charge is -2.37. The van der Waals surface area contributed by atoms with Gasteiger partial charge in [0.25, 0.3) is 11.5 Å². The van der Waals surface area contributed by atoms with E-state index in [-0.39, 0.29) is 24.6 Å². The molecule has 0 saturated carbocycles. The molecule has 0 bridgehead atoms. The summed E-state index contributed by atoms with van der Waals surface area (Å²) in [4.78, 5) is 29.2. The van der Waals surface area contributed by atoms with E-state index in [0.29, 0.717) is 31.7 Å². The molecule has 1 fully saturated rings. The minimum absolute atomic E-state index is 0. The van der Waals surface area contributed by atoms with E-state index in [1.165, 1.54) is 0 Å². The van der Waals surface area contributed by atoms with Crippen LogP contribution in [0, 0.1) is 0 Å². The standard InChI is InChI=1S/C21H22N4O2.CH4/c1-23-17-10-6-5-9-16(17)19(18(22)21(23)27)24-11-13-25(14-12-24)20(26)15-7-3-2-4-8-15;/h2-10H,11-14,22H2,1H3;1H4. The number of nitrogens with zero attached hydrogens (tertiary/aromatic N) is 3. The van der Waals surface area contributed by atoms with Crippen molar-refractivity contribution in [1.82, 2.24) is 9.47 Å². The SMILES string of the molecule is C.Cn1c(=O)c(N)c(N2CCN(C(=O)c3ccccc3)CC2)c2ccccc21. The Bertz CT molecular complexity index is 1050. The fourth-order valence-electron chi connectivity index (χ4n) is 3.74. The second kappa shape index (κ2) is 7.76. The highest BCUT2D eigenvalue weighted by Gasteiger charge is 2.25. The first kappa shape index (κ1) is 19.5. The molecular weight excluding hydrogens is 352 g/mol. The first-order valence-electron chi connectivity index (χ1n) is 9.04. The van der Waals surface area contributed by atoms with Crippen molar-refractivity contribution in [2.45, 2.75) is 7.43 Å². The van der Waals surface area contributed by atoms with Gasteiger partial charge in [-0.2, -0.15) is 0 Å². The third-order valence-electron chi connectivity index (χ3n) is 5.21. The number of nitrogens with two attached hydrogens (primary N) is 1. The Morgan fingerprint density at radius 2 is 1.54 bits per heavy atom. The van der Waals surface area contributed by atoms with Crippen LogP contribution in [0.2, 0.25) is 0 Å². The molecule has 2 N–H and O–H groups in total. The van der Waals surface area contributed by atoms with Gasteiger partial charge in [-0.1, -0.05) is 43.8 Å². The average molecular weight is 378 g/mol. The summed E-state index contributed by atoms with van der Waals surface area (Å²) in [6, 6.07) is 17.1. The summed E-state index contributed by atoms with van der Waals surface area (Å²) < 4.78 is 1.59. The maximum atomic E-state index is 12.7. The smallest absolute Gasteiger partial charge is 0.276 e. The van der Waals surface area contributed by atoms with Gasteiger partial charge in [0.15, 0.2) is 0 Å². The molecule has 28 heavy (non-hydrogen) atoms.